The first kappa shape index (κ1) is 35.3. The van der Waals surface area contributed by atoms with Crippen molar-refractivity contribution in [3.05, 3.63) is 163 Å². The van der Waals surface area contributed by atoms with Crippen molar-refractivity contribution in [1.29, 1.82) is 0 Å². The molecule has 0 spiro atoms. The lowest BCUT2D eigenvalue weighted by Gasteiger charge is -2.38. The second-order valence-corrected chi connectivity index (χ2v) is 20.6. The fraction of sp³-hybridized carbons (Fsp3) is 0.172. The fourth-order valence-electron chi connectivity index (χ4n) is 13.7. The molecule has 0 radical (unpaired) electrons. The van der Waals surface area contributed by atoms with E-state index in [1.165, 1.54) is 125 Å². The van der Waals surface area contributed by atoms with Gasteiger partial charge in [-0.2, -0.15) is 0 Å². The predicted molar refractivity (Wildman–Crippen MR) is 271 cm³/mol. The summed E-state index contributed by atoms with van der Waals surface area (Å²) in [6, 6.07) is 54.7. The number of aromatic nitrogens is 3. The zero-order chi connectivity index (χ0) is 42.6. The average molecular weight is 836 g/mol. The van der Waals surface area contributed by atoms with Crippen LogP contribution in [0.5, 0.6) is 0 Å². The Morgan fingerprint density at radius 1 is 0.462 bits per heavy atom. The van der Waals surface area contributed by atoms with Crippen molar-refractivity contribution in [2.24, 2.45) is 0 Å². The Hall–Kier alpha value is -7.11. The Kier molecular flexibility index (Phi) is 6.49. The maximum absolute atomic E-state index is 7.06. The number of fused-ring (bicyclic) bond motifs is 14. The topological polar surface area (TPSA) is 40.0 Å². The van der Waals surface area contributed by atoms with Crippen molar-refractivity contribution < 1.29 is 8.83 Å². The molecule has 1 saturated carbocycles. The van der Waals surface area contributed by atoms with Gasteiger partial charge >= 0.3 is 0 Å². The molecule has 7 heteroatoms. The number of furan rings is 2. The van der Waals surface area contributed by atoms with E-state index < -0.39 is 0 Å². The van der Waals surface area contributed by atoms with Crippen molar-refractivity contribution in [3.63, 3.8) is 0 Å². The van der Waals surface area contributed by atoms with Gasteiger partial charge in [-0.1, -0.05) is 142 Å². The second kappa shape index (κ2) is 12.0. The third-order valence-corrected chi connectivity index (χ3v) is 16.4. The summed E-state index contributed by atoms with van der Waals surface area (Å²) in [7, 11) is 0. The van der Waals surface area contributed by atoms with Gasteiger partial charge in [-0.25, -0.2) is 0 Å². The van der Waals surface area contributed by atoms with Crippen LogP contribution < -0.4 is 32.8 Å². The van der Waals surface area contributed by atoms with Gasteiger partial charge in [-0.3, -0.25) is 13.4 Å². The molecule has 2 aliphatic heterocycles. The van der Waals surface area contributed by atoms with Gasteiger partial charge < -0.3 is 8.83 Å². The summed E-state index contributed by atoms with van der Waals surface area (Å²) >= 11 is 0. The molecule has 17 rings (SSSR count). The fourth-order valence-corrected chi connectivity index (χ4v) is 13.7. The first-order valence-electron chi connectivity index (χ1n) is 23.7. The minimum Gasteiger partial charge on any atom is -0.457 e. The van der Waals surface area contributed by atoms with Crippen LogP contribution in [0, 0.1) is 0 Å². The number of benzene rings is 7. The number of hydrogen-bond acceptors (Lipinski definition) is 2. The van der Waals surface area contributed by atoms with Crippen LogP contribution in [-0.2, 0) is 5.41 Å². The number of nitrogens with zero attached hydrogens (tertiary/aromatic N) is 3. The third-order valence-electron chi connectivity index (χ3n) is 16.4. The number of rotatable bonds is 2. The van der Waals surface area contributed by atoms with Crippen LogP contribution >= 0.6 is 0 Å². The summed E-state index contributed by atoms with van der Waals surface area (Å²) in [6.45, 7) is 6.91. The molecule has 0 unspecified atom stereocenters. The molecule has 5 aromatic heterocycles. The zero-order valence-electron chi connectivity index (χ0n) is 36.7. The zero-order valence-corrected chi connectivity index (χ0v) is 36.7. The molecule has 3 aliphatic carbocycles. The van der Waals surface area contributed by atoms with Gasteiger partial charge in [-0.05, 0) is 104 Å². The van der Waals surface area contributed by atoms with Crippen molar-refractivity contribution in [2.75, 3.05) is 0 Å². The lowest BCUT2D eigenvalue weighted by Crippen LogP contribution is -2.63. The van der Waals surface area contributed by atoms with Gasteiger partial charge in [0.25, 0.3) is 13.4 Å². The smallest absolute Gasteiger partial charge is 0.254 e. The highest BCUT2D eigenvalue weighted by atomic mass is 16.3. The van der Waals surface area contributed by atoms with Crippen molar-refractivity contribution in [1.82, 2.24) is 13.4 Å². The molecular weight excluding hydrogens is 792 g/mol. The molecule has 5 aliphatic rings. The Morgan fingerprint density at radius 2 is 0.877 bits per heavy atom. The molecule has 0 atom stereocenters. The van der Waals surface area contributed by atoms with Crippen molar-refractivity contribution in [3.8, 4) is 5.69 Å². The van der Waals surface area contributed by atoms with E-state index in [2.05, 4.69) is 180 Å². The van der Waals surface area contributed by atoms with Gasteiger partial charge in [0.05, 0.1) is 11.0 Å². The van der Waals surface area contributed by atoms with Crippen LogP contribution in [0.1, 0.15) is 75.2 Å². The van der Waals surface area contributed by atoms with Gasteiger partial charge in [0, 0.05) is 50.5 Å². The predicted octanol–water partition coefficient (Wildman–Crippen LogP) is 10.4. The first-order chi connectivity index (χ1) is 31.9. The summed E-state index contributed by atoms with van der Waals surface area (Å²) in [5, 5.41) is 7.30. The average Bonchev–Trinajstić information content (AvgIpc) is 4.07. The minimum absolute atomic E-state index is 0.113. The molecule has 5 nitrogen and oxygen atoms in total. The van der Waals surface area contributed by atoms with E-state index in [1.54, 1.807) is 0 Å². The normalized spacial score (nSPS) is 17.5. The quantitative estimate of drug-likeness (QED) is 0.163. The molecule has 1 fully saturated rings. The highest BCUT2D eigenvalue weighted by molar-refractivity contribution is 7.04. The Balaban J connectivity index is 1.20. The highest BCUT2D eigenvalue weighted by Gasteiger charge is 2.48. The standard InChI is InChI=1S/C58H43B2N3O2/c1-58(2,3)34-30-43-53-44(31-34)60(42-21-13-19-38-36-15-7-11-25-48(36)65-55(38)42)50-40-17-5-9-23-46(40)62-52-33-28-26-32(27-29-33)51(52)61-45-22-8-4-16-39(45)49(56(61)63(53)57(50)62)59(43)41-20-12-18-37-35-14-6-10-24-47(35)64-54(37)41/h4-25,30-33H,26-29H2,1-3H3. The van der Waals surface area contributed by atoms with E-state index in [-0.39, 0.29) is 18.8 Å². The van der Waals surface area contributed by atoms with E-state index in [0.29, 0.717) is 11.8 Å². The van der Waals surface area contributed by atoms with Crippen LogP contribution in [0.15, 0.2) is 154 Å². The van der Waals surface area contributed by atoms with Crippen molar-refractivity contribution in [2.45, 2.75) is 63.7 Å². The van der Waals surface area contributed by atoms with Crippen LogP contribution in [-0.4, -0.2) is 26.8 Å². The Bertz CT molecular complexity index is 3900. The molecule has 65 heavy (non-hydrogen) atoms. The van der Waals surface area contributed by atoms with E-state index in [4.69, 9.17) is 8.83 Å². The van der Waals surface area contributed by atoms with E-state index in [1.807, 2.05) is 0 Å². The van der Waals surface area contributed by atoms with Crippen LogP contribution in [0.3, 0.4) is 0 Å². The third kappa shape index (κ3) is 4.25. The molecule has 12 aromatic rings. The van der Waals surface area contributed by atoms with Gasteiger partial charge in [0.1, 0.15) is 33.6 Å². The lowest BCUT2D eigenvalue weighted by molar-refractivity contribution is 0.341. The maximum Gasteiger partial charge on any atom is 0.254 e. The largest absolute Gasteiger partial charge is 0.457 e. The van der Waals surface area contributed by atoms with Crippen molar-refractivity contribution >= 4 is 123 Å². The molecule has 0 saturated heterocycles. The Morgan fingerprint density at radius 3 is 1.34 bits per heavy atom. The van der Waals surface area contributed by atoms with Gasteiger partial charge in [-0.15, -0.1) is 0 Å². The maximum atomic E-state index is 7.06. The van der Waals surface area contributed by atoms with Gasteiger partial charge in [0.15, 0.2) is 0 Å². The summed E-state index contributed by atoms with van der Waals surface area (Å²) in [5.74, 6) is 0.934. The lowest BCUT2D eigenvalue weighted by atomic mass is 9.31. The van der Waals surface area contributed by atoms with Gasteiger partial charge in [0.2, 0.25) is 0 Å². The SMILES string of the molecule is CC(C)(C)c1cc2c3c(c1)B(c1cccc4c1oc1ccccc14)c1c4ccccc4n4c5c(n6c7ccccc7c(c6n-3c14)B2c1cccc2c1oc1ccccc12)C1CCC5CC1. The minimum atomic E-state index is -0.140. The summed E-state index contributed by atoms with van der Waals surface area (Å²) in [4.78, 5) is 0. The molecular formula is C58H43B2N3O2. The monoisotopic (exact) mass is 835 g/mol. The molecule has 0 N–H and O–H groups in total. The highest BCUT2D eigenvalue weighted by Crippen LogP contribution is 2.51. The molecule has 7 aromatic carbocycles. The molecule has 2 bridgehead atoms. The van der Waals surface area contributed by atoms with Crippen LogP contribution in [0.4, 0.5) is 0 Å². The van der Waals surface area contributed by atoms with E-state index in [0.717, 1.165) is 33.1 Å². The second-order valence-electron chi connectivity index (χ2n) is 20.6. The Labute approximate surface area is 375 Å². The van der Waals surface area contributed by atoms with E-state index >= 15 is 0 Å². The molecule has 7 heterocycles. The van der Waals surface area contributed by atoms with Crippen LogP contribution in [0.25, 0.3) is 82.7 Å². The molecule has 0 amide bonds. The summed E-state index contributed by atoms with van der Waals surface area (Å²) in [6.07, 6.45) is 4.89. The van der Waals surface area contributed by atoms with E-state index in [9.17, 15) is 0 Å². The number of para-hydroxylation sites is 6. The molecule has 308 valence electrons. The summed E-state index contributed by atoms with van der Waals surface area (Å²) < 4.78 is 22.4. The summed E-state index contributed by atoms with van der Waals surface area (Å²) in [5.41, 5.74) is 22.4. The first-order valence-corrected chi connectivity index (χ1v) is 23.7. The number of hydrogen-bond donors (Lipinski definition) is 0. The van der Waals surface area contributed by atoms with Crippen LogP contribution in [0.2, 0.25) is 0 Å².